The van der Waals surface area contributed by atoms with Gasteiger partial charge in [-0.3, -0.25) is 9.59 Å². The quantitative estimate of drug-likeness (QED) is 0.473. The molecule has 7 fully saturated rings. The molecule has 1 aliphatic heterocycles. The van der Waals surface area contributed by atoms with Crippen LogP contribution in [0.4, 0.5) is 0 Å². The van der Waals surface area contributed by atoms with E-state index >= 15 is 0 Å². The molecular formula is C30H46O5. The first kappa shape index (κ1) is 24.2. The van der Waals surface area contributed by atoms with Gasteiger partial charge >= 0.3 is 11.9 Å². The van der Waals surface area contributed by atoms with Crippen LogP contribution in [0.25, 0.3) is 0 Å². The van der Waals surface area contributed by atoms with E-state index in [1.807, 2.05) is 0 Å². The molecule has 7 rings (SSSR count). The Morgan fingerprint density at radius 2 is 1.66 bits per heavy atom. The summed E-state index contributed by atoms with van der Waals surface area (Å²) in [6.45, 7) is 11.9. The minimum absolute atomic E-state index is 0.00674. The van der Waals surface area contributed by atoms with Crippen LogP contribution in [0.15, 0.2) is 0 Å². The van der Waals surface area contributed by atoms with Gasteiger partial charge < -0.3 is 14.2 Å². The van der Waals surface area contributed by atoms with Crippen molar-refractivity contribution in [1.29, 1.82) is 0 Å². The van der Waals surface area contributed by atoms with Crippen LogP contribution < -0.4 is 0 Å². The summed E-state index contributed by atoms with van der Waals surface area (Å²) >= 11 is 0. The van der Waals surface area contributed by atoms with Crippen molar-refractivity contribution in [3.8, 4) is 0 Å². The molecule has 196 valence electrons. The lowest BCUT2D eigenvalue weighted by molar-refractivity contribution is -0.281. The van der Waals surface area contributed by atoms with Crippen LogP contribution in [0.3, 0.4) is 0 Å². The standard InChI is InChI=1S/C30H46O5/c1-17(2)30-16-29-14-11-19-26(3,12-8-13-27(19,4)25(32)34-7)20(29)15-21(30)28(5)22(35-30)10-9-18(23(28)29)24(31)33-6/h17-23H,8-16H2,1-7H3/t18-,19-,20-,21?,22+,23?,26+,27-,28+,29+,30?/m1/s1. The lowest BCUT2D eigenvalue weighted by Crippen LogP contribution is -2.74. The predicted molar refractivity (Wildman–Crippen MR) is 132 cm³/mol. The number of esters is 2. The van der Waals surface area contributed by atoms with Gasteiger partial charge in [0.25, 0.3) is 0 Å². The van der Waals surface area contributed by atoms with Crippen molar-refractivity contribution in [1.82, 2.24) is 0 Å². The number of carbonyl (C=O) groups is 2. The van der Waals surface area contributed by atoms with Gasteiger partial charge in [-0.05, 0) is 98.7 Å². The second kappa shape index (κ2) is 7.26. The SMILES string of the molecule is COC(=O)[C@@H]1CC[C@@H]2OC3(C(C)C)C[C@@]45CC[C@@H]6[C@](C)(CCC[C@@]6(C)C(=O)OC)[C@H]4CC3[C@]2(C)C15. The summed E-state index contributed by atoms with van der Waals surface area (Å²) in [4.78, 5) is 26.5. The van der Waals surface area contributed by atoms with E-state index in [4.69, 9.17) is 14.2 Å². The van der Waals surface area contributed by atoms with E-state index in [-0.39, 0.29) is 45.8 Å². The van der Waals surface area contributed by atoms with Crippen molar-refractivity contribution in [2.24, 2.45) is 57.2 Å². The topological polar surface area (TPSA) is 61.8 Å². The average Bonchev–Trinajstić information content (AvgIpc) is 3.07. The number of hydrogen-bond donors (Lipinski definition) is 0. The number of hydrogen-bond acceptors (Lipinski definition) is 5. The second-order valence-corrected chi connectivity index (χ2v) is 14.4. The highest BCUT2D eigenvalue weighted by Crippen LogP contribution is 2.83. The third-order valence-corrected chi connectivity index (χ3v) is 13.4. The molecule has 0 aromatic heterocycles. The summed E-state index contributed by atoms with van der Waals surface area (Å²) in [5, 5.41) is 0. The first-order chi connectivity index (χ1) is 16.5. The molecule has 1 heterocycles. The highest BCUT2D eigenvalue weighted by molar-refractivity contribution is 5.77. The molecule has 6 aliphatic carbocycles. The van der Waals surface area contributed by atoms with E-state index in [1.54, 1.807) is 14.2 Å². The zero-order valence-electron chi connectivity index (χ0n) is 22.9. The summed E-state index contributed by atoms with van der Waals surface area (Å²) in [5.41, 5.74) is -0.311. The van der Waals surface area contributed by atoms with Crippen molar-refractivity contribution in [3.05, 3.63) is 0 Å². The van der Waals surface area contributed by atoms with Gasteiger partial charge in [0, 0.05) is 5.41 Å². The Labute approximate surface area is 211 Å². The zero-order valence-corrected chi connectivity index (χ0v) is 22.9. The molecule has 11 atom stereocenters. The van der Waals surface area contributed by atoms with Crippen LogP contribution in [0.1, 0.15) is 92.4 Å². The van der Waals surface area contributed by atoms with Crippen LogP contribution >= 0.6 is 0 Å². The first-order valence-electron chi connectivity index (χ1n) is 14.3. The van der Waals surface area contributed by atoms with E-state index < -0.39 is 5.41 Å². The van der Waals surface area contributed by atoms with Crippen LogP contribution in [0, 0.1) is 57.2 Å². The summed E-state index contributed by atoms with van der Waals surface area (Å²) in [7, 11) is 3.12. The van der Waals surface area contributed by atoms with E-state index in [2.05, 4.69) is 34.6 Å². The van der Waals surface area contributed by atoms with Crippen LogP contribution in [-0.2, 0) is 23.8 Å². The van der Waals surface area contributed by atoms with E-state index in [0.717, 1.165) is 44.9 Å². The molecule has 5 nitrogen and oxygen atoms in total. The molecular weight excluding hydrogens is 440 g/mol. The number of fused-ring (bicyclic) bond motifs is 1. The summed E-state index contributed by atoms with van der Waals surface area (Å²) in [5.74, 6) is 2.02. The van der Waals surface area contributed by atoms with E-state index in [9.17, 15) is 9.59 Å². The summed E-state index contributed by atoms with van der Waals surface area (Å²) in [6, 6.07) is 0. The molecule has 0 radical (unpaired) electrons. The summed E-state index contributed by atoms with van der Waals surface area (Å²) in [6.07, 6.45) is 9.67. The van der Waals surface area contributed by atoms with Gasteiger partial charge in [-0.25, -0.2) is 0 Å². The molecule has 0 N–H and O–H groups in total. The van der Waals surface area contributed by atoms with E-state index in [1.165, 1.54) is 12.8 Å². The van der Waals surface area contributed by atoms with Crippen LogP contribution in [-0.4, -0.2) is 37.9 Å². The second-order valence-electron chi connectivity index (χ2n) is 14.4. The Morgan fingerprint density at radius 1 is 0.914 bits per heavy atom. The Bertz CT molecular complexity index is 945. The van der Waals surface area contributed by atoms with Crippen molar-refractivity contribution < 1.29 is 23.8 Å². The van der Waals surface area contributed by atoms with Gasteiger partial charge in [-0.2, -0.15) is 0 Å². The predicted octanol–water partition coefficient (Wildman–Crippen LogP) is 5.79. The third-order valence-electron chi connectivity index (χ3n) is 13.4. The van der Waals surface area contributed by atoms with Crippen molar-refractivity contribution in [2.75, 3.05) is 14.2 Å². The smallest absolute Gasteiger partial charge is 0.311 e. The number of methoxy groups -OCH3 is 2. The lowest BCUT2D eigenvalue weighted by atomic mass is 9.27. The molecule has 1 saturated heterocycles. The van der Waals surface area contributed by atoms with Gasteiger partial charge in [0.15, 0.2) is 0 Å². The zero-order chi connectivity index (χ0) is 25.2. The molecule has 6 saturated carbocycles. The first-order valence-corrected chi connectivity index (χ1v) is 14.3. The minimum atomic E-state index is -0.411. The van der Waals surface area contributed by atoms with Gasteiger partial charge in [0.1, 0.15) is 0 Å². The number of ether oxygens (including phenoxy) is 3. The third kappa shape index (κ3) is 2.55. The largest absolute Gasteiger partial charge is 0.469 e. The fourth-order valence-electron chi connectivity index (χ4n) is 12.4. The van der Waals surface area contributed by atoms with Crippen LogP contribution in [0.5, 0.6) is 0 Å². The number of rotatable bonds is 3. The van der Waals surface area contributed by atoms with Gasteiger partial charge in [-0.15, -0.1) is 0 Å². The monoisotopic (exact) mass is 486 g/mol. The summed E-state index contributed by atoms with van der Waals surface area (Å²) < 4.78 is 18.0. The van der Waals surface area contributed by atoms with E-state index in [0.29, 0.717) is 29.6 Å². The average molecular weight is 487 g/mol. The highest BCUT2D eigenvalue weighted by Gasteiger charge is 2.82. The lowest BCUT2D eigenvalue weighted by Gasteiger charge is -2.75. The van der Waals surface area contributed by atoms with Gasteiger partial charge in [-0.1, -0.05) is 34.1 Å². The molecule has 0 aromatic carbocycles. The highest BCUT2D eigenvalue weighted by atomic mass is 16.5. The van der Waals surface area contributed by atoms with Gasteiger partial charge in [0.05, 0.1) is 37.3 Å². The molecule has 0 aromatic rings. The Balaban J connectivity index is 1.52. The molecule has 0 amide bonds. The molecule has 3 unspecified atom stereocenters. The number of carbonyl (C=O) groups excluding carboxylic acids is 2. The fraction of sp³-hybridized carbons (Fsp3) is 0.933. The normalized spacial score (nSPS) is 55.8. The maximum Gasteiger partial charge on any atom is 0.311 e. The Morgan fingerprint density at radius 3 is 2.31 bits per heavy atom. The maximum absolute atomic E-state index is 13.3. The minimum Gasteiger partial charge on any atom is -0.469 e. The Kier molecular flexibility index (Phi) is 5.03. The fourth-order valence-corrected chi connectivity index (χ4v) is 12.4. The molecule has 5 heteroatoms. The molecule has 4 bridgehead atoms. The van der Waals surface area contributed by atoms with Crippen LogP contribution in [0.2, 0.25) is 0 Å². The van der Waals surface area contributed by atoms with Crippen molar-refractivity contribution in [3.63, 3.8) is 0 Å². The molecule has 7 aliphatic rings. The molecule has 1 spiro atoms. The Hall–Kier alpha value is -1.10. The van der Waals surface area contributed by atoms with Gasteiger partial charge in [0.2, 0.25) is 0 Å². The van der Waals surface area contributed by atoms with Crippen molar-refractivity contribution >= 4 is 11.9 Å². The van der Waals surface area contributed by atoms with Crippen molar-refractivity contribution in [2.45, 2.75) is 104 Å². The molecule has 35 heavy (non-hydrogen) atoms. The maximum atomic E-state index is 13.3.